The van der Waals surface area contributed by atoms with Crippen LogP contribution < -0.4 is 15.1 Å². The molecule has 0 saturated carbocycles. The molecule has 5 nitrogen and oxygen atoms in total. The van der Waals surface area contributed by atoms with E-state index in [2.05, 4.69) is 62.7 Å². The van der Waals surface area contributed by atoms with Gasteiger partial charge in [-0.15, -0.1) is 0 Å². The molecule has 0 atom stereocenters. The van der Waals surface area contributed by atoms with Crippen LogP contribution in [0.1, 0.15) is 27.7 Å². The molecule has 0 amide bonds. The van der Waals surface area contributed by atoms with E-state index in [1.807, 2.05) is 0 Å². The van der Waals surface area contributed by atoms with Gasteiger partial charge in [0.25, 0.3) is 0 Å². The Morgan fingerprint density at radius 3 is 2.12 bits per heavy atom. The fourth-order valence-electron chi connectivity index (χ4n) is 3.13. The quantitative estimate of drug-likeness (QED) is 0.788. The number of ether oxygens (including phenoxy) is 1. The van der Waals surface area contributed by atoms with Gasteiger partial charge >= 0.3 is 7.12 Å². The van der Waals surface area contributed by atoms with E-state index < -0.39 is 7.12 Å². The number of likely N-dealkylation sites (N-methyl/N-ethyl adjacent to an activating group) is 1. The van der Waals surface area contributed by atoms with Crippen LogP contribution in [0.25, 0.3) is 0 Å². The van der Waals surface area contributed by atoms with Gasteiger partial charge in [0.05, 0.1) is 18.3 Å². The number of piperazine rings is 1. The Morgan fingerprint density at radius 1 is 1.00 bits per heavy atom. The third kappa shape index (κ3) is 3.15. The normalized spacial score (nSPS) is 23.6. The second-order valence-corrected chi connectivity index (χ2v) is 7.80. The van der Waals surface area contributed by atoms with Crippen molar-refractivity contribution in [2.75, 3.05) is 45.2 Å². The van der Waals surface area contributed by atoms with Crippen LogP contribution in [0, 0.1) is 0 Å². The smallest absolute Gasteiger partial charge is 0.497 e. The Balaban J connectivity index is 1.83. The van der Waals surface area contributed by atoms with E-state index >= 15 is 0 Å². The van der Waals surface area contributed by atoms with Crippen molar-refractivity contribution in [1.29, 1.82) is 0 Å². The Labute approximate surface area is 146 Å². The minimum Gasteiger partial charge on any atom is -0.497 e. The van der Waals surface area contributed by atoms with Crippen molar-refractivity contribution in [3.05, 3.63) is 18.2 Å². The Bertz CT molecular complexity index is 582. The highest BCUT2D eigenvalue weighted by molar-refractivity contribution is 6.63. The first-order chi connectivity index (χ1) is 11.2. The maximum absolute atomic E-state index is 6.17. The zero-order chi connectivity index (χ0) is 17.5. The molecular weight excluding hydrogens is 303 g/mol. The van der Waals surface area contributed by atoms with Crippen molar-refractivity contribution >= 4 is 18.3 Å². The van der Waals surface area contributed by atoms with Crippen LogP contribution in [0.5, 0.6) is 5.75 Å². The van der Waals surface area contributed by atoms with Gasteiger partial charge in [-0.1, -0.05) is 6.07 Å². The van der Waals surface area contributed by atoms with Crippen molar-refractivity contribution < 1.29 is 14.0 Å². The number of anilines is 1. The van der Waals surface area contributed by atoms with Gasteiger partial charge < -0.3 is 23.8 Å². The van der Waals surface area contributed by atoms with Gasteiger partial charge in [0.2, 0.25) is 0 Å². The second kappa shape index (κ2) is 6.25. The third-order valence-corrected chi connectivity index (χ3v) is 5.59. The molecule has 0 spiro atoms. The molecule has 132 valence electrons. The summed E-state index contributed by atoms with van der Waals surface area (Å²) in [5, 5.41) is 0. The number of rotatable bonds is 3. The minimum absolute atomic E-state index is 0.348. The summed E-state index contributed by atoms with van der Waals surface area (Å²) in [4.78, 5) is 4.75. The molecule has 2 aliphatic heterocycles. The van der Waals surface area contributed by atoms with Crippen molar-refractivity contribution in [2.45, 2.75) is 38.9 Å². The molecule has 0 aliphatic carbocycles. The third-order valence-electron chi connectivity index (χ3n) is 5.59. The summed E-state index contributed by atoms with van der Waals surface area (Å²) in [6.45, 7) is 12.5. The lowest BCUT2D eigenvalue weighted by molar-refractivity contribution is 0.00578. The van der Waals surface area contributed by atoms with E-state index in [0.717, 1.165) is 37.4 Å². The van der Waals surface area contributed by atoms with E-state index in [1.54, 1.807) is 7.11 Å². The van der Waals surface area contributed by atoms with Crippen LogP contribution in [0.4, 0.5) is 5.69 Å². The van der Waals surface area contributed by atoms with Crippen molar-refractivity contribution in [3.63, 3.8) is 0 Å². The van der Waals surface area contributed by atoms with E-state index in [-0.39, 0.29) is 11.2 Å². The summed E-state index contributed by atoms with van der Waals surface area (Å²) in [7, 11) is 3.48. The Morgan fingerprint density at radius 2 is 1.58 bits per heavy atom. The zero-order valence-electron chi connectivity index (χ0n) is 15.8. The van der Waals surface area contributed by atoms with Crippen molar-refractivity contribution in [1.82, 2.24) is 4.90 Å². The molecule has 6 heteroatoms. The number of benzene rings is 1. The first-order valence-corrected chi connectivity index (χ1v) is 8.70. The highest BCUT2D eigenvalue weighted by Crippen LogP contribution is 2.37. The highest BCUT2D eigenvalue weighted by atomic mass is 16.7. The SMILES string of the molecule is COc1cc(N2CCN(C)CC2)ccc1B1OC(C)(C)C(C)(C)O1. The summed E-state index contributed by atoms with van der Waals surface area (Å²) < 4.78 is 18.0. The molecule has 0 radical (unpaired) electrons. The molecule has 1 aromatic rings. The monoisotopic (exact) mass is 332 g/mol. The average Bonchev–Trinajstić information content (AvgIpc) is 2.75. The molecular formula is C18H29BN2O3. The highest BCUT2D eigenvalue weighted by Gasteiger charge is 2.52. The number of methoxy groups -OCH3 is 1. The lowest BCUT2D eigenvalue weighted by Crippen LogP contribution is -2.44. The summed E-state index contributed by atoms with van der Waals surface area (Å²) in [6, 6.07) is 6.33. The van der Waals surface area contributed by atoms with Crippen LogP contribution >= 0.6 is 0 Å². The van der Waals surface area contributed by atoms with Gasteiger partial charge in [-0.25, -0.2) is 0 Å². The molecule has 0 unspecified atom stereocenters. The molecule has 1 aromatic carbocycles. The second-order valence-electron chi connectivity index (χ2n) is 7.80. The van der Waals surface area contributed by atoms with E-state index in [4.69, 9.17) is 14.0 Å². The summed E-state index contributed by atoms with van der Waals surface area (Å²) in [6.07, 6.45) is 0. The number of hydrogen-bond donors (Lipinski definition) is 0. The van der Waals surface area contributed by atoms with Gasteiger partial charge in [0.15, 0.2) is 0 Å². The topological polar surface area (TPSA) is 34.2 Å². The predicted molar refractivity (Wildman–Crippen MR) is 98.4 cm³/mol. The fraction of sp³-hybridized carbons (Fsp3) is 0.667. The molecule has 2 aliphatic rings. The van der Waals surface area contributed by atoms with Crippen LogP contribution in [-0.2, 0) is 9.31 Å². The van der Waals surface area contributed by atoms with E-state index in [0.29, 0.717) is 0 Å². The number of hydrogen-bond acceptors (Lipinski definition) is 5. The Hall–Kier alpha value is -1.24. The average molecular weight is 332 g/mol. The lowest BCUT2D eigenvalue weighted by atomic mass is 9.78. The maximum Gasteiger partial charge on any atom is 0.498 e. The fourth-order valence-corrected chi connectivity index (χ4v) is 3.13. The summed E-state index contributed by atoms with van der Waals surface area (Å²) >= 11 is 0. The molecule has 0 bridgehead atoms. The molecule has 3 rings (SSSR count). The molecule has 2 saturated heterocycles. The van der Waals surface area contributed by atoms with Gasteiger partial charge in [-0.2, -0.15) is 0 Å². The summed E-state index contributed by atoms with van der Waals surface area (Å²) in [5.41, 5.74) is 1.45. The zero-order valence-corrected chi connectivity index (χ0v) is 15.8. The first-order valence-electron chi connectivity index (χ1n) is 8.70. The van der Waals surface area contributed by atoms with Gasteiger partial charge in [0.1, 0.15) is 5.75 Å². The molecule has 24 heavy (non-hydrogen) atoms. The largest absolute Gasteiger partial charge is 0.498 e. The van der Waals surface area contributed by atoms with E-state index in [1.165, 1.54) is 5.69 Å². The van der Waals surface area contributed by atoms with Crippen molar-refractivity contribution in [3.8, 4) is 5.75 Å². The maximum atomic E-state index is 6.17. The van der Waals surface area contributed by atoms with Crippen LogP contribution in [-0.4, -0.2) is 63.6 Å². The van der Waals surface area contributed by atoms with Gasteiger partial charge in [-0.3, -0.25) is 0 Å². The number of nitrogens with zero attached hydrogens (tertiary/aromatic N) is 2. The molecule has 0 N–H and O–H groups in total. The molecule has 2 fully saturated rings. The van der Waals surface area contributed by atoms with Crippen LogP contribution in [0.2, 0.25) is 0 Å². The lowest BCUT2D eigenvalue weighted by Gasteiger charge is -2.34. The minimum atomic E-state index is -0.397. The first kappa shape index (κ1) is 17.6. The Kier molecular flexibility index (Phi) is 4.58. The van der Waals surface area contributed by atoms with Gasteiger partial charge in [0, 0.05) is 43.4 Å². The summed E-state index contributed by atoms with van der Waals surface area (Å²) in [5.74, 6) is 0.824. The predicted octanol–water partition coefficient (Wildman–Crippen LogP) is 1.75. The van der Waals surface area contributed by atoms with Gasteiger partial charge in [-0.05, 0) is 40.8 Å². The molecule has 0 aromatic heterocycles. The standard InChI is InChI=1S/C18H29BN2O3/c1-17(2)18(3,4)24-19(23-17)15-8-7-14(13-16(15)22-6)21-11-9-20(5)10-12-21/h7-8,13H,9-12H2,1-6H3. The van der Waals surface area contributed by atoms with Crippen molar-refractivity contribution in [2.24, 2.45) is 0 Å². The molecule has 2 heterocycles. The van der Waals surface area contributed by atoms with Crippen LogP contribution in [0.15, 0.2) is 18.2 Å². The van der Waals surface area contributed by atoms with E-state index in [9.17, 15) is 0 Å². The van der Waals surface area contributed by atoms with Crippen LogP contribution in [0.3, 0.4) is 0 Å².